The minimum atomic E-state index is -2.91. The number of ether oxygens (including phenoxy) is 1. The first kappa shape index (κ1) is 15.9. The molecule has 0 heterocycles. The van der Waals surface area contributed by atoms with E-state index in [9.17, 15) is 18.0 Å². The van der Waals surface area contributed by atoms with Gasteiger partial charge in [0.05, 0.1) is 6.04 Å². The van der Waals surface area contributed by atoms with Gasteiger partial charge in [0, 0.05) is 5.56 Å². The van der Waals surface area contributed by atoms with Crippen molar-refractivity contribution in [1.29, 1.82) is 0 Å². The molecule has 0 aromatic heterocycles. The number of alkyl halides is 2. The van der Waals surface area contributed by atoms with E-state index in [1.54, 1.807) is 19.1 Å². The number of rotatable bonds is 5. The highest BCUT2D eigenvalue weighted by atomic mass is 19.3. The minimum Gasteiger partial charge on any atom is -0.435 e. The maximum Gasteiger partial charge on any atom is 0.387 e. The summed E-state index contributed by atoms with van der Waals surface area (Å²) in [7, 11) is 0. The molecule has 0 saturated heterocycles. The topological polar surface area (TPSA) is 38.3 Å². The van der Waals surface area contributed by atoms with E-state index in [0.717, 1.165) is 6.07 Å². The van der Waals surface area contributed by atoms with E-state index in [1.165, 1.54) is 30.3 Å². The molecule has 0 radical (unpaired) electrons. The van der Waals surface area contributed by atoms with Gasteiger partial charge in [0.15, 0.2) is 0 Å². The zero-order chi connectivity index (χ0) is 16.1. The summed E-state index contributed by atoms with van der Waals surface area (Å²) in [6.07, 6.45) is 0. The lowest BCUT2D eigenvalue weighted by Gasteiger charge is -2.15. The fourth-order valence-corrected chi connectivity index (χ4v) is 1.95. The number of carbonyl (C=O) groups excluding carboxylic acids is 1. The molecular formula is C16H14F3NO2. The summed E-state index contributed by atoms with van der Waals surface area (Å²) in [4.78, 5) is 12.0. The quantitative estimate of drug-likeness (QED) is 0.909. The first-order valence-corrected chi connectivity index (χ1v) is 6.57. The van der Waals surface area contributed by atoms with Crippen LogP contribution in [0.25, 0.3) is 0 Å². The predicted octanol–water partition coefficient (Wildman–Crippen LogP) is 3.92. The van der Waals surface area contributed by atoms with Crippen molar-refractivity contribution in [2.24, 2.45) is 0 Å². The molecule has 1 atom stereocenters. The van der Waals surface area contributed by atoms with E-state index in [1.807, 2.05) is 0 Å². The average Bonchev–Trinajstić information content (AvgIpc) is 2.46. The predicted molar refractivity (Wildman–Crippen MR) is 75.4 cm³/mol. The van der Waals surface area contributed by atoms with Crippen LogP contribution in [0.1, 0.15) is 28.9 Å². The largest absolute Gasteiger partial charge is 0.435 e. The van der Waals surface area contributed by atoms with Gasteiger partial charge in [-0.15, -0.1) is 0 Å². The Morgan fingerprint density at radius 1 is 1.14 bits per heavy atom. The first-order valence-electron chi connectivity index (χ1n) is 6.57. The molecule has 1 unspecified atom stereocenters. The van der Waals surface area contributed by atoms with Gasteiger partial charge in [0.2, 0.25) is 0 Å². The van der Waals surface area contributed by atoms with Crippen LogP contribution in [-0.4, -0.2) is 12.5 Å². The molecule has 2 rings (SSSR count). The fourth-order valence-electron chi connectivity index (χ4n) is 1.95. The number of carbonyl (C=O) groups is 1. The molecule has 0 aliphatic rings. The number of amides is 1. The average molecular weight is 309 g/mol. The molecule has 6 heteroatoms. The Morgan fingerprint density at radius 2 is 1.86 bits per heavy atom. The van der Waals surface area contributed by atoms with E-state index < -0.39 is 24.4 Å². The van der Waals surface area contributed by atoms with Crippen molar-refractivity contribution in [2.45, 2.75) is 19.6 Å². The molecule has 2 aromatic rings. The molecular weight excluding hydrogens is 295 g/mol. The summed E-state index contributed by atoms with van der Waals surface area (Å²) >= 11 is 0. The monoisotopic (exact) mass is 309 g/mol. The lowest BCUT2D eigenvalue weighted by Crippen LogP contribution is -2.26. The van der Waals surface area contributed by atoms with Crippen LogP contribution in [0.4, 0.5) is 13.2 Å². The maximum atomic E-state index is 13.1. The van der Waals surface area contributed by atoms with Gasteiger partial charge in [-0.05, 0) is 42.8 Å². The third kappa shape index (κ3) is 4.25. The smallest absolute Gasteiger partial charge is 0.387 e. The third-order valence-electron chi connectivity index (χ3n) is 3.02. The molecule has 1 N–H and O–H groups in total. The van der Waals surface area contributed by atoms with E-state index in [4.69, 9.17) is 0 Å². The van der Waals surface area contributed by atoms with E-state index >= 15 is 0 Å². The van der Waals surface area contributed by atoms with Gasteiger partial charge in [0.25, 0.3) is 5.91 Å². The van der Waals surface area contributed by atoms with Crippen molar-refractivity contribution in [2.75, 3.05) is 0 Å². The SMILES string of the molecule is CC(NC(=O)c1cccc(F)c1)c1cccc(OC(F)F)c1. The Labute approximate surface area is 125 Å². The molecule has 1 amide bonds. The summed E-state index contributed by atoms with van der Waals surface area (Å²) < 4.78 is 41.8. The Hall–Kier alpha value is -2.50. The minimum absolute atomic E-state index is 0.0133. The van der Waals surface area contributed by atoms with Crippen LogP contribution in [0.2, 0.25) is 0 Å². The van der Waals surface area contributed by atoms with Crippen LogP contribution in [-0.2, 0) is 0 Å². The van der Waals surface area contributed by atoms with Gasteiger partial charge < -0.3 is 10.1 Å². The Balaban J connectivity index is 2.08. The number of hydrogen-bond donors (Lipinski definition) is 1. The first-order chi connectivity index (χ1) is 10.5. The van der Waals surface area contributed by atoms with Crippen LogP contribution < -0.4 is 10.1 Å². The van der Waals surface area contributed by atoms with Gasteiger partial charge >= 0.3 is 6.61 Å². The van der Waals surface area contributed by atoms with Crippen LogP contribution in [0, 0.1) is 5.82 Å². The molecule has 0 fully saturated rings. The Bertz CT molecular complexity index is 661. The highest BCUT2D eigenvalue weighted by Gasteiger charge is 2.13. The summed E-state index contributed by atoms with van der Waals surface area (Å²) in [6.45, 7) is -1.22. The molecule has 0 aliphatic heterocycles. The lowest BCUT2D eigenvalue weighted by atomic mass is 10.1. The van der Waals surface area contributed by atoms with E-state index in [2.05, 4.69) is 10.1 Å². The zero-order valence-electron chi connectivity index (χ0n) is 11.7. The van der Waals surface area contributed by atoms with Crippen LogP contribution in [0.3, 0.4) is 0 Å². The second-order valence-corrected chi connectivity index (χ2v) is 4.66. The molecule has 22 heavy (non-hydrogen) atoms. The fraction of sp³-hybridized carbons (Fsp3) is 0.188. The molecule has 2 aromatic carbocycles. The number of hydrogen-bond acceptors (Lipinski definition) is 2. The molecule has 3 nitrogen and oxygen atoms in total. The van der Waals surface area contributed by atoms with Crippen molar-refractivity contribution in [3.8, 4) is 5.75 Å². The highest BCUT2D eigenvalue weighted by molar-refractivity contribution is 5.94. The molecule has 116 valence electrons. The molecule has 0 bridgehead atoms. The van der Waals surface area contributed by atoms with Crippen LogP contribution in [0.15, 0.2) is 48.5 Å². The van der Waals surface area contributed by atoms with Crippen LogP contribution >= 0.6 is 0 Å². The number of nitrogens with one attached hydrogen (secondary N) is 1. The molecule has 0 saturated carbocycles. The van der Waals surface area contributed by atoms with Crippen molar-refractivity contribution in [3.05, 3.63) is 65.5 Å². The number of benzene rings is 2. The second-order valence-electron chi connectivity index (χ2n) is 4.66. The Kier molecular flexibility index (Phi) is 5.04. The normalized spacial score (nSPS) is 12.0. The maximum absolute atomic E-state index is 13.1. The number of halogens is 3. The highest BCUT2D eigenvalue weighted by Crippen LogP contribution is 2.21. The van der Waals surface area contributed by atoms with Crippen molar-refractivity contribution < 1.29 is 22.7 Å². The van der Waals surface area contributed by atoms with Gasteiger partial charge in [-0.1, -0.05) is 18.2 Å². The van der Waals surface area contributed by atoms with E-state index in [-0.39, 0.29) is 11.3 Å². The molecule has 0 aliphatic carbocycles. The van der Waals surface area contributed by atoms with Gasteiger partial charge in [0.1, 0.15) is 11.6 Å². The van der Waals surface area contributed by atoms with Crippen molar-refractivity contribution >= 4 is 5.91 Å². The standard InChI is InChI=1S/C16H14F3NO2/c1-10(11-4-3-7-14(9-11)22-16(18)19)20-15(21)12-5-2-6-13(17)8-12/h2-10,16H,1H3,(H,20,21). The summed E-state index contributed by atoms with van der Waals surface area (Å²) in [5.74, 6) is -0.945. The Morgan fingerprint density at radius 3 is 2.55 bits per heavy atom. The van der Waals surface area contributed by atoms with Gasteiger partial charge in [-0.3, -0.25) is 4.79 Å². The van der Waals surface area contributed by atoms with Crippen molar-refractivity contribution in [1.82, 2.24) is 5.32 Å². The second kappa shape index (κ2) is 6.98. The molecule has 0 spiro atoms. The van der Waals surface area contributed by atoms with Gasteiger partial charge in [-0.25, -0.2) is 4.39 Å². The lowest BCUT2D eigenvalue weighted by molar-refractivity contribution is -0.0499. The summed E-state index contributed by atoms with van der Waals surface area (Å²) in [6, 6.07) is 10.9. The van der Waals surface area contributed by atoms with Crippen molar-refractivity contribution in [3.63, 3.8) is 0 Å². The van der Waals surface area contributed by atoms with E-state index in [0.29, 0.717) is 5.56 Å². The third-order valence-corrected chi connectivity index (χ3v) is 3.02. The van der Waals surface area contributed by atoms with Gasteiger partial charge in [-0.2, -0.15) is 8.78 Å². The zero-order valence-corrected chi connectivity index (χ0v) is 11.7. The summed E-state index contributed by atoms with van der Waals surface area (Å²) in [5.41, 5.74) is 0.787. The summed E-state index contributed by atoms with van der Waals surface area (Å²) in [5, 5.41) is 2.67. The van der Waals surface area contributed by atoms with Crippen LogP contribution in [0.5, 0.6) is 5.75 Å².